The molecule has 2 aromatic heterocycles. The van der Waals surface area contributed by atoms with Crippen molar-refractivity contribution < 1.29 is 23.8 Å². The van der Waals surface area contributed by atoms with Gasteiger partial charge in [0.15, 0.2) is 5.11 Å². The maximum atomic E-state index is 11.9. The Labute approximate surface area is 224 Å². The summed E-state index contributed by atoms with van der Waals surface area (Å²) in [5.74, 6) is -0.0907. The Morgan fingerprint density at radius 3 is 2.63 bits per heavy atom. The molecule has 10 heteroatoms. The molecule has 3 N–H and O–H groups in total. The van der Waals surface area contributed by atoms with Gasteiger partial charge in [-0.05, 0) is 72.9 Å². The largest absolute Gasteiger partial charge is 0.478 e. The van der Waals surface area contributed by atoms with Crippen molar-refractivity contribution in [1.29, 1.82) is 0 Å². The molecule has 192 valence electrons. The molecule has 4 aromatic rings. The van der Waals surface area contributed by atoms with Crippen molar-refractivity contribution >= 4 is 40.6 Å². The molecule has 1 fully saturated rings. The molecule has 0 radical (unpaired) electrons. The lowest BCUT2D eigenvalue weighted by molar-refractivity contribution is -0.119. The van der Waals surface area contributed by atoms with Crippen LogP contribution in [0.5, 0.6) is 0 Å². The summed E-state index contributed by atoms with van der Waals surface area (Å²) in [4.78, 5) is 29.8. The van der Waals surface area contributed by atoms with Crippen LogP contribution in [0, 0.1) is 0 Å². The smallest absolute Gasteiger partial charge is 0.335 e. The molecule has 2 aromatic carbocycles. The van der Waals surface area contributed by atoms with E-state index in [0.29, 0.717) is 27.9 Å². The zero-order chi connectivity index (χ0) is 26.6. The summed E-state index contributed by atoms with van der Waals surface area (Å²) in [6.07, 6.45) is 1.72. The minimum absolute atomic E-state index is 0.0358. The van der Waals surface area contributed by atoms with Gasteiger partial charge in [-0.25, -0.2) is 4.79 Å². The molecule has 1 amide bonds. The number of carbonyl (C=O) groups is 2. The topological polar surface area (TPSA) is 117 Å². The van der Waals surface area contributed by atoms with Crippen LogP contribution in [0.2, 0.25) is 0 Å². The molecule has 0 saturated carbocycles. The van der Waals surface area contributed by atoms with E-state index < -0.39 is 5.97 Å². The number of nitrogens with one attached hydrogen (secondary N) is 2. The van der Waals surface area contributed by atoms with E-state index in [1.165, 1.54) is 13.2 Å². The zero-order valence-electron chi connectivity index (χ0n) is 20.3. The lowest BCUT2D eigenvalue weighted by Gasteiger charge is -2.26. The number of rotatable bonds is 8. The van der Waals surface area contributed by atoms with Gasteiger partial charge in [0.2, 0.25) is 5.91 Å². The number of carboxylic acid groups (broad SMARTS) is 1. The molecule has 9 nitrogen and oxygen atoms in total. The van der Waals surface area contributed by atoms with Crippen molar-refractivity contribution in [1.82, 2.24) is 10.3 Å². The number of amides is 1. The molecule has 1 aliphatic rings. The second-order valence-corrected chi connectivity index (χ2v) is 9.00. The van der Waals surface area contributed by atoms with Crippen LogP contribution in [-0.2, 0) is 9.53 Å². The Hall–Kier alpha value is -4.54. The summed E-state index contributed by atoms with van der Waals surface area (Å²) < 4.78 is 11.2. The molecule has 1 saturated heterocycles. The fourth-order valence-electron chi connectivity index (χ4n) is 4.43. The molecule has 2 unspecified atom stereocenters. The Morgan fingerprint density at radius 1 is 1.11 bits per heavy atom. The number of carboxylic acids is 1. The van der Waals surface area contributed by atoms with Gasteiger partial charge >= 0.3 is 5.97 Å². The van der Waals surface area contributed by atoms with E-state index in [-0.39, 0.29) is 30.2 Å². The predicted molar refractivity (Wildman–Crippen MR) is 146 cm³/mol. The van der Waals surface area contributed by atoms with Gasteiger partial charge in [-0.1, -0.05) is 18.2 Å². The van der Waals surface area contributed by atoms with Crippen molar-refractivity contribution in [3.05, 3.63) is 102 Å². The number of hydrogen-bond acceptors (Lipinski definition) is 6. The molecular formula is C28H24N4O5S. The average molecular weight is 529 g/mol. The van der Waals surface area contributed by atoms with E-state index in [1.54, 1.807) is 36.5 Å². The number of aromatic carboxylic acids is 1. The van der Waals surface area contributed by atoms with E-state index in [4.69, 9.17) is 21.4 Å². The number of pyridine rings is 1. The number of carbonyl (C=O) groups excluding carboxylic acids is 1. The van der Waals surface area contributed by atoms with Crippen molar-refractivity contribution in [3.63, 3.8) is 0 Å². The number of hydrogen-bond donors (Lipinski definition) is 3. The first-order valence-electron chi connectivity index (χ1n) is 11.8. The number of nitrogens with zero attached hydrogens (tertiary/aromatic N) is 2. The van der Waals surface area contributed by atoms with E-state index in [1.807, 2.05) is 47.4 Å². The summed E-state index contributed by atoms with van der Waals surface area (Å²) in [7, 11) is 1.46. The third-order valence-electron chi connectivity index (χ3n) is 6.12. The molecular weight excluding hydrogens is 504 g/mol. The molecule has 0 spiro atoms. The van der Waals surface area contributed by atoms with Crippen LogP contribution in [0.3, 0.4) is 0 Å². The molecule has 2 atom stereocenters. The van der Waals surface area contributed by atoms with E-state index >= 15 is 0 Å². The second-order valence-electron chi connectivity index (χ2n) is 8.61. The van der Waals surface area contributed by atoms with Crippen LogP contribution >= 0.6 is 12.2 Å². The summed E-state index contributed by atoms with van der Waals surface area (Å²) in [6.45, 7) is -0.0358. The van der Waals surface area contributed by atoms with Gasteiger partial charge in [0.1, 0.15) is 24.2 Å². The fraction of sp³-hybridized carbons (Fsp3) is 0.143. The first kappa shape index (κ1) is 25.1. The Balaban J connectivity index is 1.51. The summed E-state index contributed by atoms with van der Waals surface area (Å²) >= 11 is 5.75. The normalized spacial score (nSPS) is 16.8. The van der Waals surface area contributed by atoms with Gasteiger partial charge in [0.25, 0.3) is 0 Å². The van der Waals surface area contributed by atoms with Crippen molar-refractivity contribution in [2.24, 2.45) is 0 Å². The van der Waals surface area contributed by atoms with Gasteiger partial charge < -0.3 is 29.8 Å². The molecule has 0 bridgehead atoms. The van der Waals surface area contributed by atoms with E-state index in [2.05, 4.69) is 15.6 Å². The minimum Gasteiger partial charge on any atom is -0.478 e. The first-order chi connectivity index (χ1) is 18.4. The SMILES string of the molecule is COCC(=O)Nc1ccc(N2C(=S)NC(c3ccccn3)C2c2ccc(-c3cccc(C(=O)O)c3)o2)cc1. The standard InChI is InChI=1S/C28H24N4O5S/c1-36-16-24(33)30-19-8-10-20(11-9-19)32-26(25(31-28(32)38)21-7-2-3-14-29-21)23-13-12-22(37-23)17-5-4-6-18(15-17)27(34)35/h2-15,25-26H,16H2,1H3,(H,30,33)(H,31,38)(H,34,35). The molecule has 1 aliphatic heterocycles. The maximum Gasteiger partial charge on any atom is 0.335 e. The summed E-state index contributed by atoms with van der Waals surface area (Å²) in [5.41, 5.74) is 3.04. The lowest BCUT2D eigenvalue weighted by atomic mass is 10.0. The highest BCUT2D eigenvalue weighted by Crippen LogP contribution is 2.43. The maximum absolute atomic E-state index is 11.9. The minimum atomic E-state index is -1.01. The van der Waals surface area contributed by atoms with Crippen LogP contribution in [0.4, 0.5) is 11.4 Å². The fourth-order valence-corrected chi connectivity index (χ4v) is 4.77. The zero-order valence-corrected chi connectivity index (χ0v) is 21.1. The van der Waals surface area contributed by atoms with Crippen LogP contribution in [0.25, 0.3) is 11.3 Å². The monoisotopic (exact) mass is 528 g/mol. The summed E-state index contributed by atoms with van der Waals surface area (Å²) in [6, 6.07) is 22.6. The highest BCUT2D eigenvalue weighted by Gasteiger charge is 2.42. The Morgan fingerprint density at radius 2 is 1.92 bits per heavy atom. The second kappa shape index (κ2) is 10.8. The number of furan rings is 1. The van der Waals surface area contributed by atoms with E-state index in [9.17, 15) is 14.7 Å². The van der Waals surface area contributed by atoms with Crippen LogP contribution < -0.4 is 15.5 Å². The lowest BCUT2D eigenvalue weighted by Crippen LogP contribution is -2.29. The number of benzene rings is 2. The molecule has 0 aliphatic carbocycles. The van der Waals surface area contributed by atoms with Crippen LogP contribution in [0.1, 0.15) is 33.9 Å². The Kier molecular flexibility index (Phi) is 7.16. The predicted octanol–water partition coefficient (Wildman–Crippen LogP) is 4.80. The highest BCUT2D eigenvalue weighted by molar-refractivity contribution is 7.80. The third kappa shape index (κ3) is 5.13. The quantitative estimate of drug-likeness (QED) is 0.277. The van der Waals surface area contributed by atoms with Crippen LogP contribution in [-0.4, -0.2) is 40.8 Å². The van der Waals surface area contributed by atoms with Crippen LogP contribution in [0.15, 0.2) is 89.5 Å². The van der Waals surface area contributed by atoms with Gasteiger partial charge in [-0.2, -0.15) is 0 Å². The van der Waals surface area contributed by atoms with Crippen molar-refractivity contribution in [2.45, 2.75) is 12.1 Å². The van der Waals surface area contributed by atoms with Gasteiger partial charge in [-0.15, -0.1) is 0 Å². The third-order valence-corrected chi connectivity index (χ3v) is 6.43. The first-order valence-corrected chi connectivity index (χ1v) is 12.2. The molecule has 5 rings (SSSR count). The number of thiocarbonyl (C=S) groups is 1. The van der Waals surface area contributed by atoms with Gasteiger partial charge in [0.05, 0.1) is 17.3 Å². The molecule has 38 heavy (non-hydrogen) atoms. The van der Waals surface area contributed by atoms with Gasteiger partial charge in [0, 0.05) is 30.2 Å². The number of anilines is 2. The number of aromatic nitrogens is 1. The van der Waals surface area contributed by atoms with Crippen molar-refractivity contribution in [2.75, 3.05) is 23.9 Å². The van der Waals surface area contributed by atoms with Crippen molar-refractivity contribution in [3.8, 4) is 11.3 Å². The number of methoxy groups -OCH3 is 1. The summed E-state index contributed by atoms with van der Waals surface area (Å²) in [5, 5.41) is 16.0. The number of ether oxygens (including phenoxy) is 1. The van der Waals surface area contributed by atoms with E-state index in [0.717, 1.165) is 11.4 Å². The highest BCUT2D eigenvalue weighted by atomic mass is 32.1. The molecule has 3 heterocycles. The van der Waals surface area contributed by atoms with Gasteiger partial charge in [-0.3, -0.25) is 9.78 Å². The Bertz CT molecular complexity index is 1470. The average Bonchev–Trinajstić information content (AvgIpc) is 3.54.